The highest BCUT2D eigenvalue weighted by Gasteiger charge is 2.13. The van der Waals surface area contributed by atoms with Gasteiger partial charge in [-0.25, -0.2) is 4.98 Å². The lowest BCUT2D eigenvalue weighted by molar-refractivity contribution is -0.132. The van der Waals surface area contributed by atoms with Gasteiger partial charge in [0.1, 0.15) is 0 Å². The van der Waals surface area contributed by atoms with Crippen LogP contribution in [0.2, 0.25) is 0 Å². The maximum absolute atomic E-state index is 12.3. The van der Waals surface area contributed by atoms with Gasteiger partial charge in [-0.05, 0) is 31.2 Å². The first-order valence-corrected chi connectivity index (χ1v) is 10.4. The van der Waals surface area contributed by atoms with E-state index >= 15 is 0 Å². The molecule has 3 rings (SSSR count). The van der Waals surface area contributed by atoms with Crippen molar-refractivity contribution in [1.82, 2.24) is 9.88 Å². The summed E-state index contributed by atoms with van der Waals surface area (Å²) in [4.78, 5) is 30.4. The highest BCUT2D eigenvalue weighted by Crippen LogP contribution is 2.29. The lowest BCUT2D eigenvalue weighted by Crippen LogP contribution is -2.35. The first-order chi connectivity index (χ1) is 13.0. The number of hydrogen-bond acceptors (Lipinski definition) is 5. The van der Waals surface area contributed by atoms with Crippen LogP contribution in [0.1, 0.15) is 12.0 Å². The summed E-state index contributed by atoms with van der Waals surface area (Å²) in [5.74, 6) is 0.388. The van der Waals surface area contributed by atoms with Crippen LogP contribution >= 0.6 is 23.1 Å². The number of nitrogens with one attached hydrogen (secondary N) is 1. The maximum Gasteiger partial charge on any atom is 0.243 e. The number of aryl methyl sites for hydroxylation is 1. The van der Waals surface area contributed by atoms with Crippen LogP contribution in [0.25, 0.3) is 10.2 Å². The quantitative estimate of drug-likeness (QED) is 0.605. The second kappa shape index (κ2) is 9.01. The van der Waals surface area contributed by atoms with Gasteiger partial charge < -0.3 is 10.2 Å². The molecule has 5 nitrogen and oxygen atoms in total. The molecule has 0 spiro atoms. The summed E-state index contributed by atoms with van der Waals surface area (Å²) < 4.78 is 2.11. The zero-order valence-corrected chi connectivity index (χ0v) is 16.9. The van der Waals surface area contributed by atoms with E-state index in [1.165, 1.54) is 4.90 Å². The Labute approximate surface area is 166 Å². The van der Waals surface area contributed by atoms with Gasteiger partial charge in [-0.2, -0.15) is 0 Å². The molecule has 0 saturated heterocycles. The Morgan fingerprint density at radius 3 is 2.63 bits per heavy atom. The number of thioether (sulfide) groups is 1. The summed E-state index contributed by atoms with van der Waals surface area (Å²) in [6.07, 6.45) is 0.370. The van der Waals surface area contributed by atoms with E-state index in [2.05, 4.69) is 10.3 Å². The molecule has 2 aromatic carbocycles. The summed E-state index contributed by atoms with van der Waals surface area (Å²) in [6.45, 7) is 2.03. The molecule has 2 amide bonds. The molecule has 3 aromatic rings. The molecule has 1 heterocycles. The van der Waals surface area contributed by atoms with E-state index in [9.17, 15) is 9.59 Å². The van der Waals surface area contributed by atoms with E-state index in [1.54, 1.807) is 30.1 Å². The minimum atomic E-state index is -0.200. The second-order valence-corrected chi connectivity index (χ2v) is 8.58. The smallest absolute Gasteiger partial charge is 0.243 e. The number of carbonyl (C=O) groups is 2. The minimum Gasteiger partial charge on any atom is -0.336 e. The molecule has 0 aliphatic carbocycles. The van der Waals surface area contributed by atoms with Crippen molar-refractivity contribution in [3.8, 4) is 0 Å². The van der Waals surface area contributed by atoms with E-state index in [-0.39, 0.29) is 18.4 Å². The molecule has 0 saturated carbocycles. The van der Waals surface area contributed by atoms with E-state index in [4.69, 9.17) is 0 Å². The Hall–Kier alpha value is -2.38. The average Bonchev–Trinajstić information content (AvgIpc) is 3.06. The van der Waals surface area contributed by atoms with Gasteiger partial charge in [0.15, 0.2) is 4.34 Å². The van der Waals surface area contributed by atoms with Crippen molar-refractivity contribution < 1.29 is 9.59 Å². The van der Waals surface area contributed by atoms with E-state index in [0.29, 0.717) is 12.2 Å². The third kappa shape index (κ3) is 5.55. The number of likely N-dealkylation sites (N-methyl/N-ethyl adjacent to an activating group) is 1. The molecule has 1 aromatic heterocycles. The average molecular weight is 400 g/mol. The molecule has 0 aliphatic heterocycles. The SMILES string of the molecule is Cc1ccc(NC(=O)CN(C)C(=O)CCSc2nc3ccccc3s2)cc1. The van der Waals surface area contributed by atoms with Crippen LogP contribution in [0, 0.1) is 6.92 Å². The van der Waals surface area contributed by atoms with Crippen LogP contribution in [0.15, 0.2) is 52.9 Å². The molecule has 27 heavy (non-hydrogen) atoms. The van der Waals surface area contributed by atoms with Crippen LogP contribution in [-0.4, -0.2) is 41.0 Å². The number of para-hydroxylation sites is 1. The summed E-state index contributed by atoms with van der Waals surface area (Å²) in [6, 6.07) is 15.6. The van der Waals surface area contributed by atoms with Crippen molar-refractivity contribution in [3.05, 3.63) is 54.1 Å². The Balaban J connectivity index is 1.43. The van der Waals surface area contributed by atoms with Gasteiger partial charge in [0, 0.05) is 24.9 Å². The fraction of sp³-hybridized carbons (Fsp3) is 0.250. The van der Waals surface area contributed by atoms with Gasteiger partial charge in [0.25, 0.3) is 0 Å². The van der Waals surface area contributed by atoms with Crippen LogP contribution in [0.4, 0.5) is 5.69 Å². The molecular weight excluding hydrogens is 378 g/mol. The number of nitrogens with zero attached hydrogens (tertiary/aromatic N) is 2. The number of benzene rings is 2. The number of thiazole rings is 1. The van der Waals surface area contributed by atoms with Gasteiger partial charge in [0.05, 0.1) is 16.8 Å². The lowest BCUT2D eigenvalue weighted by Gasteiger charge is -2.16. The van der Waals surface area contributed by atoms with Crippen LogP contribution < -0.4 is 5.32 Å². The normalized spacial score (nSPS) is 10.7. The lowest BCUT2D eigenvalue weighted by atomic mass is 10.2. The number of amides is 2. The first kappa shape index (κ1) is 19.4. The minimum absolute atomic E-state index is 0.0402. The van der Waals surface area contributed by atoms with Crippen LogP contribution in [-0.2, 0) is 9.59 Å². The molecule has 0 fully saturated rings. The van der Waals surface area contributed by atoms with E-state index in [0.717, 1.165) is 25.8 Å². The molecular formula is C20H21N3O2S2. The van der Waals surface area contributed by atoms with Gasteiger partial charge in [-0.1, -0.05) is 41.6 Å². The summed E-state index contributed by atoms with van der Waals surface area (Å²) in [7, 11) is 1.65. The summed E-state index contributed by atoms with van der Waals surface area (Å²) >= 11 is 3.21. The molecule has 7 heteroatoms. The number of hydrogen-bond donors (Lipinski definition) is 1. The monoisotopic (exact) mass is 399 g/mol. The van der Waals surface area contributed by atoms with Crippen molar-refractivity contribution >= 4 is 50.8 Å². The fourth-order valence-corrected chi connectivity index (χ4v) is 4.54. The number of anilines is 1. The van der Waals surface area contributed by atoms with Crippen molar-refractivity contribution in [1.29, 1.82) is 0 Å². The van der Waals surface area contributed by atoms with Crippen LogP contribution in [0.3, 0.4) is 0 Å². The largest absolute Gasteiger partial charge is 0.336 e. The molecule has 1 N–H and O–H groups in total. The fourth-order valence-electron chi connectivity index (χ4n) is 2.47. The Kier molecular flexibility index (Phi) is 6.47. The zero-order valence-electron chi connectivity index (χ0n) is 15.3. The highest BCUT2D eigenvalue weighted by molar-refractivity contribution is 8.01. The standard InChI is InChI=1S/C20H21N3O2S2/c1-14-7-9-15(10-8-14)21-18(24)13-23(2)19(25)11-12-26-20-22-16-5-3-4-6-17(16)27-20/h3-10H,11-13H2,1-2H3,(H,21,24). The maximum atomic E-state index is 12.3. The third-order valence-corrected chi connectivity index (χ3v) is 6.14. The number of fused-ring (bicyclic) bond motifs is 1. The van der Waals surface area contributed by atoms with E-state index < -0.39 is 0 Å². The second-order valence-electron chi connectivity index (χ2n) is 6.21. The zero-order chi connectivity index (χ0) is 19.2. The van der Waals surface area contributed by atoms with Crippen LogP contribution in [0.5, 0.6) is 0 Å². The van der Waals surface area contributed by atoms with Crippen molar-refractivity contribution in [2.24, 2.45) is 0 Å². The molecule has 0 unspecified atom stereocenters. The summed E-state index contributed by atoms with van der Waals surface area (Å²) in [5.41, 5.74) is 2.85. The van der Waals surface area contributed by atoms with Gasteiger partial charge in [0.2, 0.25) is 11.8 Å². The number of aromatic nitrogens is 1. The molecule has 0 atom stereocenters. The predicted molar refractivity (Wildman–Crippen MR) is 112 cm³/mol. The number of rotatable bonds is 7. The molecule has 0 aliphatic rings. The number of carbonyl (C=O) groups excluding carboxylic acids is 2. The van der Waals surface area contributed by atoms with Gasteiger partial charge in [-0.3, -0.25) is 9.59 Å². The summed E-state index contributed by atoms with van der Waals surface area (Å²) in [5, 5.41) is 2.81. The van der Waals surface area contributed by atoms with Gasteiger partial charge >= 0.3 is 0 Å². The van der Waals surface area contributed by atoms with Crippen molar-refractivity contribution in [2.45, 2.75) is 17.7 Å². The van der Waals surface area contributed by atoms with Gasteiger partial charge in [-0.15, -0.1) is 11.3 Å². The Bertz CT molecular complexity index is 905. The highest BCUT2D eigenvalue weighted by atomic mass is 32.2. The Morgan fingerprint density at radius 2 is 1.89 bits per heavy atom. The molecule has 0 bridgehead atoms. The molecule has 140 valence electrons. The molecule has 0 radical (unpaired) electrons. The first-order valence-electron chi connectivity index (χ1n) is 8.60. The van der Waals surface area contributed by atoms with Crippen molar-refractivity contribution in [2.75, 3.05) is 24.7 Å². The van der Waals surface area contributed by atoms with Crippen molar-refractivity contribution in [3.63, 3.8) is 0 Å². The van der Waals surface area contributed by atoms with E-state index in [1.807, 2.05) is 55.5 Å². The third-order valence-electron chi connectivity index (χ3n) is 3.96. The predicted octanol–water partition coefficient (Wildman–Crippen LogP) is 4.18. The topological polar surface area (TPSA) is 62.3 Å². The Morgan fingerprint density at radius 1 is 1.15 bits per heavy atom.